The first kappa shape index (κ1) is 53.5. The average molecular weight is 1060 g/mol. The molecular formula is C78H92N2. The van der Waals surface area contributed by atoms with Crippen molar-refractivity contribution in [3.8, 4) is 22.3 Å². The lowest BCUT2D eigenvalue weighted by Gasteiger charge is -2.27. The van der Waals surface area contributed by atoms with Crippen LogP contribution in [-0.4, -0.2) is 8.80 Å². The van der Waals surface area contributed by atoms with E-state index in [1.54, 1.807) is 11.1 Å². The van der Waals surface area contributed by atoms with Crippen LogP contribution in [0.1, 0.15) is 245 Å². The van der Waals surface area contributed by atoms with Crippen molar-refractivity contribution in [3.63, 3.8) is 0 Å². The van der Waals surface area contributed by atoms with E-state index in [-0.39, 0.29) is 32.5 Å². The fraction of sp³-hybridized carbons (Fsp3) is 0.462. The second-order valence-corrected chi connectivity index (χ2v) is 32.0. The number of aromatic nitrogens is 2. The van der Waals surface area contributed by atoms with E-state index in [1.165, 1.54) is 196 Å². The Balaban J connectivity index is 1.27. The van der Waals surface area contributed by atoms with Crippen LogP contribution in [0.25, 0.3) is 98.4 Å². The van der Waals surface area contributed by atoms with E-state index >= 15 is 0 Å². The van der Waals surface area contributed by atoms with Crippen LogP contribution in [0.3, 0.4) is 0 Å². The fourth-order valence-electron chi connectivity index (χ4n) is 15.0. The van der Waals surface area contributed by atoms with Gasteiger partial charge in [0.25, 0.3) is 0 Å². The van der Waals surface area contributed by atoms with Gasteiger partial charge in [-0.3, -0.25) is 0 Å². The molecule has 0 spiro atoms. The van der Waals surface area contributed by atoms with Gasteiger partial charge in [0.1, 0.15) is 0 Å². The first-order chi connectivity index (χ1) is 37.5. The Bertz CT molecular complexity index is 3930. The largest absolute Gasteiger partial charge is 0.308 e. The lowest BCUT2D eigenvalue weighted by Crippen LogP contribution is -2.16. The molecule has 80 heavy (non-hydrogen) atoms. The summed E-state index contributed by atoms with van der Waals surface area (Å²) in [5.74, 6) is 1.04. The molecule has 0 bridgehead atoms. The van der Waals surface area contributed by atoms with E-state index in [2.05, 4.69) is 230 Å². The monoisotopic (exact) mass is 1060 g/mol. The van der Waals surface area contributed by atoms with Crippen LogP contribution in [0.5, 0.6) is 0 Å². The highest BCUT2D eigenvalue weighted by molar-refractivity contribution is 6.45. The second-order valence-electron chi connectivity index (χ2n) is 32.0. The van der Waals surface area contributed by atoms with Gasteiger partial charge < -0.3 is 8.80 Å². The molecule has 4 aromatic heterocycles. The van der Waals surface area contributed by atoms with E-state index in [1.807, 2.05) is 0 Å². The third-order valence-electron chi connectivity index (χ3n) is 20.0. The van der Waals surface area contributed by atoms with E-state index in [0.29, 0.717) is 11.8 Å². The number of benzene rings is 7. The van der Waals surface area contributed by atoms with Crippen LogP contribution >= 0.6 is 0 Å². The standard InChI is InChI=1S/C78H92N2/c1-73(2,3)51-33-49(34-52(39-51)74(4,5)6)47-29-31-57-63(37-47)79-69-59(45-25-21-19-22-26-45)41-55(77(13,14)15)43-61(69)68-66-58-32-30-48(50-35-53(75(7,8)9)40-54(36-50)76(10,11)12)38-64(58)80-70-60(46-27-23-20-24-28-46)42-56(78(16,17)18)44-62(70)67(72(66)80)65(57)71(68)79/h29-46H,19-28H2,1-18H3. The molecule has 2 fully saturated rings. The Hall–Kier alpha value is -5.86. The van der Waals surface area contributed by atoms with Crippen LogP contribution in [0, 0.1) is 0 Å². The van der Waals surface area contributed by atoms with Gasteiger partial charge in [-0.05, 0) is 161 Å². The number of hydrogen-bond donors (Lipinski definition) is 0. The normalized spacial score (nSPS) is 16.5. The zero-order valence-electron chi connectivity index (χ0n) is 52.4. The molecule has 2 aliphatic carbocycles. The third-order valence-corrected chi connectivity index (χ3v) is 20.0. The second kappa shape index (κ2) is 17.8. The molecule has 2 heteroatoms. The first-order valence-electron chi connectivity index (χ1n) is 31.3. The van der Waals surface area contributed by atoms with Crippen LogP contribution < -0.4 is 0 Å². The molecule has 4 heterocycles. The Morgan fingerprint density at radius 3 is 0.863 bits per heavy atom. The minimum absolute atomic E-state index is 0.0146. The molecule has 13 rings (SSSR count). The Morgan fingerprint density at radius 2 is 0.562 bits per heavy atom. The maximum Gasteiger partial charge on any atom is 0.0634 e. The summed E-state index contributed by atoms with van der Waals surface area (Å²) in [6.07, 6.45) is 12.9. The number of hydrogen-bond acceptors (Lipinski definition) is 0. The average Bonchev–Trinajstić information content (AvgIpc) is 4.33. The number of fused-ring (bicyclic) bond motifs is 14. The van der Waals surface area contributed by atoms with Gasteiger partial charge in [0, 0.05) is 43.1 Å². The molecule has 2 saturated carbocycles. The van der Waals surface area contributed by atoms with E-state index in [4.69, 9.17) is 0 Å². The highest BCUT2D eigenvalue weighted by Gasteiger charge is 2.35. The molecule has 414 valence electrons. The fourth-order valence-corrected chi connectivity index (χ4v) is 15.0. The molecule has 0 radical (unpaired) electrons. The predicted molar refractivity (Wildman–Crippen MR) is 350 cm³/mol. The van der Waals surface area contributed by atoms with Crippen molar-refractivity contribution in [2.45, 2.75) is 233 Å². The van der Waals surface area contributed by atoms with Gasteiger partial charge in [0.05, 0.1) is 33.1 Å². The molecule has 0 N–H and O–H groups in total. The summed E-state index contributed by atoms with van der Waals surface area (Å²) in [6, 6.07) is 41.0. The molecule has 0 saturated heterocycles. The van der Waals surface area contributed by atoms with Crippen molar-refractivity contribution in [1.82, 2.24) is 8.80 Å². The van der Waals surface area contributed by atoms with E-state index in [0.717, 1.165) is 0 Å². The summed E-state index contributed by atoms with van der Waals surface area (Å²) in [5.41, 5.74) is 25.3. The van der Waals surface area contributed by atoms with Gasteiger partial charge in [-0.2, -0.15) is 0 Å². The molecule has 2 nitrogen and oxygen atoms in total. The maximum absolute atomic E-state index is 2.85. The predicted octanol–water partition coefficient (Wildman–Crippen LogP) is 23.2. The van der Waals surface area contributed by atoms with Crippen molar-refractivity contribution in [3.05, 3.63) is 142 Å². The molecule has 11 aromatic rings. The molecule has 0 amide bonds. The molecule has 0 unspecified atom stereocenters. The van der Waals surface area contributed by atoms with Crippen molar-refractivity contribution in [2.75, 3.05) is 0 Å². The zero-order valence-corrected chi connectivity index (χ0v) is 52.4. The Kier molecular flexibility index (Phi) is 11.9. The van der Waals surface area contributed by atoms with Crippen LogP contribution in [0.15, 0.2) is 97.1 Å². The van der Waals surface area contributed by atoms with E-state index < -0.39 is 0 Å². The molecule has 7 aromatic carbocycles. The van der Waals surface area contributed by atoms with E-state index in [9.17, 15) is 0 Å². The number of rotatable bonds is 4. The third kappa shape index (κ3) is 8.43. The summed E-state index contributed by atoms with van der Waals surface area (Å²) >= 11 is 0. The topological polar surface area (TPSA) is 8.82 Å². The van der Waals surface area contributed by atoms with Crippen molar-refractivity contribution in [2.24, 2.45) is 0 Å². The Labute approximate surface area is 479 Å². The minimum Gasteiger partial charge on any atom is -0.308 e. The quantitative estimate of drug-likeness (QED) is 0.166. The van der Waals surface area contributed by atoms with Crippen LogP contribution in [0.2, 0.25) is 0 Å². The van der Waals surface area contributed by atoms with Gasteiger partial charge in [0.15, 0.2) is 0 Å². The SMILES string of the molecule is CC(C)(C)c1cc(-c2ccc3c4c5c6cc(C(C)(C)C)cc(C7CCCCC7)c6n6c7cc(-c8cc(C(C)(C)C)cc(C(C)(C)C)c8)ccc7c(c7c8cc(C(C)(C)C)cc(C9CCCCC9)c8n(c3c2)c47)c56)cc(C(C)(C)C)c1. The van der Waals surface area contributed by atoms with Crippen LogP contribution in [-0.2, 0) is 32.5 Å². The zero-order chi connectivity index (χ0) is 56.7. The van der Waals surface area contributed by atoms with Crippen LogP contribution in [0.4, 0.5) is 0 Å². The van der Waals surface area contributed by atoms with Gasteiger partial charge >= 0.3 is 0 Å². The summed E-state index contributed by atoms with van der Waals surface area (Å²) < 4.78 is 5.70. The molecule has 2 aliphatic rings. The lowest BCUT2D eigenvalue weighted by atomic mass is 9.78. The summed E-state index contributed by atoms with van der Waals surface area (Å²) in [7, 11) is 0. The maximum atomic E-state index is 2.85. The summed E-state index contributed by atoms with van der Waals surface area (Å²) in [4.78, 5) is 0. The first-order valence-corrected chi connectivity index (χ1v) is 31.3. The highest BCUT2D eigenvalue weighted by atomic mass is 15.0. The number of nitrogens with zero attached hydrogens (tertiary/aromatic N) is 2. The van der Waals surface area contributed by atoms with Crippen molar-refractivity contribution in [1.29, 1.82) is 0 Å². The van der Waals surface area contributed by atoms with Gasteiger partial charge in [0.2, 0.25) is 0 Å². The Morgan fingerprint density at radius 1 is 0.275 bits per heavy atom. The molecule has 0 aliphatic heterocycles. The summed E-state index contributed by atoms with van der Waals surface area (Å²) in [6.45, 7) is 43.2. The van der Waals surface area contributed by atoms with Crippen molar-refractivity contribution >= 4 is 76.2 Å². The van der Waals surface area contributed by atoms with Gasteiger partial charge in [-0.1, -0.05) is 236 Å². The lowest BCUT2D eigenvalue weighted by molar-refractivity contribution is 0.444. The van der Waals surface area contributed by atoms with Gasteiger partial charge in [-0.25, -0.2) is 0 Å². The highest BCUT2D eigenvalue weighted by Crippen LogP contribution is 2.56. The minimum atomic E-state index is -0.0230. The summed E-state index contributed by atoms with van der Waals surface area (Å²) in [5, 5.41) is 11.4. The molecule has 0 atom stereocenters. The van der Waals surface area contributed by atoms with Crippen molar-refractivity contribution < 1.29 is 0 Å². The van der Waals surface area contributed by atoms with Gasteiger partial charge in [-0.15, -0.1) is 0 Å². The smallest absolute Gasteiger partial charge is 0.0634 e. The molecular weight excluding hydrogens is 965 g/mol.